The van der Waals surface area contributed by atoms with Crippen LogP contribution >= 0.6 is 0 Å². The van der Waals surface area contributed by atoms with E-state index in [0.717, 1.165) is 0 Å². The van der Waals surface area contributed by atoms with Gasteiger partial charge in [0.2, 0.25) is 5.75 Å². The van der Waals surface area contributed by atoms with Gasteiger partial charge in [-0.2, -0.15) is 0 Å². The fraction of sp³-hybridized carbons (Fsp3) is 0.353. The molecule has 1 aromatic rings. The van der Waals surface area contributed by atoms with Crippen molar-refractivity contribution in [3.63, 3.8) is 0 Å². The third kappa shape index (κ3) is 3.92. The summed E-state index contributed by atoms with van der Waals surface area (Å²) in [5.74, 6) is -3.76. The first-order valence-corrected chi connectivity index (χ1v) is 8.13. The number of cyclic esters (lactones) is 1. The number of carbonyl (C=O) groups excluding carboxylic acids is 3. The number of nitro benzene ring substituents is 1. The molecule has 0 aromatic heterocycles. The van der Waals surface area contributed by atoms with Crippen LogP contribution in [-0.2, 0) is 19.1 Å². The number of esters is 1. The molecule has 1 heterocycles. The predicted octanol–water partition coefficient (Wildman–Crippen LogP) is 2.84. The summed E-state index contributed by atoms with van der Waals surface area (Å²) >= 11 is 0. The predicted molar refractivity (Wildman–Crippen MR) is 92.1 cm³/mol. The standard InChI is InChI=1S/C17H17FN2O8/c1-5-26-16(22)9(4)27-13-6-10(18)11(7-12(13)20(24)25)19-15(21)14(8(2)3)28-17(19)23/h6-7,9H,5H2,1-4H3. The summed E-state index contributed by atoms with van der Waals surface area (Å²) in [7, 11) is 0. The number of rotatable bonds is 6. The SMILES string of the molecule is CCOC(=O)C(C)Oc1cc(F)c(N2C(=O)OC(=C(C)C)C2=O)cc1[N+](=O)[O-]. The van der Waals surface area contributed by atoms with Crippen molar-refractivity contribution in [3.8, 4) is 5.75 Å². The maximum atomic E-state index is 14.6. The molecular formula is C17H17FN2O8. The highest BCUT2D eigenvalue weighted by molar-refractivity contribution is 6.23. The van der Waals surface area contributed by atoms with E-state index in [1.165, 1.54) is 20.8 Å². The number of nitro groups is 1. The minimum atomic E-state index is -1.25. The highest BCUT2D eigenvalue weighted by Crippen LogP contribution is 2.37. The molecule has 0 N–H and O–H groups in total. The molecule has 0 radical (unpaired) electrons. The van der Waals surface area contributed by atoms with Crippen molar-refractivity contribution in [3.05, 3.63) is 39.4 Å². The summed E-state index contributed by atoms with van der Waals surface area (Å²) in [4.78, 5) is 46.8. The number of anilines is 1. The molecule has 150 valence electrons. The summed E-state index contributed by atoms with van der Waals surface area (Å²) in [6.45, 7) is 5.92. The molecule has 10 nitrogen and oxygen atoms in total. The van der Waals surface area contributed by atoms with Crippen LogP contribution in [0.2, 0.25) is 0 Å². The van der Waals surface area contributed by atoms with Gasteiger partial charge in [0.1, 0.15) is 0 Å². The molecule has 2 rings (SSSR count). The number of imide groups is 1. The molecule has 0 saturated carbocycles. The fourth-order valence-electron chi connectivity index (χ4n) is 2.32. The van der Waals surface area contributed by atoms with Crippen molar-refractivity contribution in [1.82, 2.24) is 0 Å². The minimum absolute atomic E-state index is 0.0633. The Morgan fingerprint density at radius 1 is 1.36 bits per heavy atom. The lowest BCUT2D eigenvalue weighted by Crippen LogP contribution is -2.30. The number of amides is 2. The molecule has 28 heavy (non-hydrogen) atoms. The summed E-state index contributed by atoms with van der Waals surface area (Å²) in [5, 5.41) is 11.4. The summed E-state index contributed by atoms with van der Waals surface area (Å²) in [5.41, 5.74) is -1.05. The van der Waals surface area contributed by atoms with Gasteiger partial charge in [-0.05, 0) is 33.3 Å². The van der Waals surface area contributed by atoms with Gasteiger partial charge in [0.15, 0.2) is 17.7 Å². The van der Waals surface area contributed by atoms with Crippen molar-refractivity contribution in [2.45, 2.75) is 33.8 Å². The van der Waals surface area contributed by atoms with Crippen LogP contribution in [0.4, 0.5) is 20.6 Å². The third-order valence-electron chi connectivity index (χ3n) is 3.61. The number of hydrogen-bond acceptors (Lipinski definition) is 8. The number of nitrogens with zero attached hydrogens (tertiary/aromatic N) is 2. The average Bonchev–Trinajstić information content (AvgIpc) is 2.90. The Hall–Kier alpha value is -3.50. The maximum absolute atomic E-state index is 14.6. The van der Waals surface area contributed by atoms with E-state index in [1.54, 1.807) is 6.92 Å². The largest absolute Gasteiger partial charge is 0.472 e. The third-order valence-corrected chi connectivity index (χ3v) is 3.61. The lowest BCUT2D eigenvalue weighted by Gasteiger charge is -2.16. The van der Waals surface area contributed by atoms with Gasteiger partial charge in [-0.3, -0.25) is 14.9 Å². The van der Waals surface area contributed by atoms with Gasteiger partial charge in [-0.1, -0.05) is 0 Å². The zero-order valence-electron chi connectivity index (χ0n) is 15.5. The van der Waals surface area contributed by atoms with E-state index in [0.29, 0.717) is 22.6 Å². The van der Waals surface area contributed by atoms with Crippen LogP contribution in [-0.4, -0.2) is 35.6 Å². The normalized spacial score (nSPS) is 14.6. The minimum Gasteiger partial charge on any atom is -0.472 e. The first-order valence-electron chi connectivity index (χ1n) is 8.13. The first kappa shape index (κ1) is 20.8. The Balaban J connectivity index is 2.47. The second-order valence-corrected chi connectivity index (χ2v) is 5.88. The Kier molecular flexibility index (Phi) is 5.96. The quantitative estimate of drug-likeness (QED) is 0.311. The van der Waals surface area contributed by atoms with Gasteiger partial charge in [0.25, 0.3) is 0 Å². The second kappa shape index (κ2) is 8.03. The smallest absolute Gasteiger partial charge is 0.427 e. The Morgan fingerprint density at radius 3 is 2.50 bits per heavy atom. The molecule has 0 bridgehead atoms. The Bertz CT molecular complexity index is 891. The Morgan fingerprint density at radius 2 is 2.00 bits per heavy atom. The number of ether oxygens (including phenoxy) is 3. The van der Waals surface area contributed by atoms with E-state index < -0.39 is 51.9 Å². The highest BCUT2D eigenvalue weighted by atomic mass is 19.1. The van der Waals surface area contributed by atoms with Gasteiger partial charge < -0.3 is 14.2 Å². The monoisotopic (exact) mass is 396 g/mol. The molecule has 2 amide bonds. The molecule has 1 saturated heterocycles. The van der Waals surface area contributed by atoms with Crippen LogP contribution in [0.15, 0.2) is 23.5 Å². The lowest BCUT2D eigenvalue weighted by atomic mass is 10.2. The van der Waals surface area contributed by atoms with Crippen molar-refractivity contribution < 1.29 is 37.9 Å². The van der Waals surface area contributed by atoms with E-state index in [1.807, 2.05) is 0 Å². The molecule has 1 aliphatic heterocycles. The highest BCUT2D eigenvalue weighted by Gasteiger charge is 2.41. The molecule has 1 atom stereocenters. The first-order chi connectivity index (χ1) is 13.1. The molecule has 0 aliphatic carbocycles. The van der Waals surface area contributed by atoms with Crippen LogP contribution in [0, 0.1) is 15.9 Å². The van der Waals surface area contributed by atoms with Gasteiger partial charge >= 0.3 is 23.7 Å². The van der Waals surface area contributed by atoms with Gasteiger partial charge in [0.05, 0.1) is 17.2 Å². The van der Waals surface area contributed by atoms with Crippen LogP contribution in [0.3, 0.4) is 0 Å². The summed E-state index contributed by atoms with van der Waals surface area (Å²) in [6.07, 6.45) is -2.44. The molecular weight excluding hydrogens is 379 g/mol. The number of hydrogen-bond donors (Lipinski definition) is 0. The van der Waals surface area contributed by atoms with Crippen LogP contribution in [0.5, 0.6) is 5.75 Å². The van der Waals surface area contributed by atoms with Gasteiger partial charge in [0, 0.05) is 12.1 Å². The molecule has 1 fully saturated rings. The molecule has 11 heteroatoms. The van der Waals surface area contributed by atoms with Crippen molar-refractivity contribution in [2.24, 2.45) is 0 Å². The maximum Gasteiger partial charge on any atom is 0.427 e. The molecule has 1 unspecified atom stereocenters. The van der Waals surface area contributed by atoms with Crippen LogP contribution < -0.4 is 9.64 Å². The van der Waals surface area contributed by atoms with Gasteiger partial charge in [-0.25, -0.2) is 18.9 Å². The van der Waals surface area contributed by atoms with Crippen LogP contribution in [0.25, 0.3) is 0 Å². The Labute approximate surface area is 158 Å². The fourth-order valence-corrected chi connectivity index (χ4v) is 2.32. The summed E-state index contributed by atoms with van der Waals surface area (Å²) in [6, 6.07) is 1.28. The zero-order valence-corrected chi connectivity index (χ0v) is 15.5. The average molecular weight is 396 g/mol. The van der Waals surface area contributed by atoms with Crippen LogP contribution in [0.1, 0.15) is 27.7 Å². The number of halogens is 1. The van der Waals surface area contributed by atoms with E-state index in [9.17, 15) is 28.9 Å². The topological polar surface area (TPSA) is 125 Å². The number of benzene rings is 1. The lowest BCUT2D eigenvalue weighted by molar-refractivity contribution is -0.386. The molecule has 1 aromatic carbocycles. The van der Waals surface area contributed by atoms with Crippen molar-refractivity contribution in [2.75, 3.05) is 11.5 Å². The zero-order chi connectivity index (χ0) is 21.2. The van der Waals surface area contributed by atoms with E-state index in [-0.39, 0.29) is 12.4 Å². The van der Waals surface area contributed by atoms with E-state index >= 15 is 0 Å². The van der Waals surface area contributed by atoms with E-state index in [4.69, 9.17) is 14.2 Å². The molecule has 1 aliphatic rings. The van der Waals surface area contributed by atoms with Crippen molar-refractivity contribution in [1.29, 1.82) is 0 Å². The summed E-state index contributed by atoms with van der Waals surface area (Å²) < 4.78 is 29.3. The molecule has 0 spiro atoms. The number of allylic oxidation sites excluding steroid dienone is 1. The van der Waals surface area contributed by atoms with Crippen molar-refractivity contribution >= 4 is 29.3 Å². The van der Waals surface area contributed by atoms with Gasteiger partial charge in [-0.15, -0.1) is 0 Å². The van der Waals surface area contributed by atoms with E-state index in [2.05, 4.69) is 0 Å². The number of carbonyl (C=O) groups is 3. The second-order valence-electron chi connectivity index (χ2n) is 5.88.